The van der Waals surface area contributed by atoms with Crippen molar-refractivity contribution in [3.05, 3.63) is 68.6 Å². The van der Waals surface area contributed by atoms with E-state index >= 15 is 0 Å². The number of nitrogens with zero attached hydrogens (tertiary/aromatic N) is 2. The Balaban J connectivity index is -0.000000482. The summed E-state index contributed by atoms with van der Waals surface area (Å²) in [5.41, 5.74) is 7.04. The first-order valence-electron chi connectivity index (χ1n) is 12.9. The monoisotopic (exact) mass is 635 g/mol. The summed E-state index contributed by atoms with van der Waals surface area (Å²) in [4.78, 5) is 25.9. The first kappa shape index (κ1) is 34.2. The quantitative estimate of drug-likeness (QED) is 0.362. The number of carbonyl (C=O) groups excluding carboxylic acids is 1. The van der Waals surface area contributed by atoms with Crippen LogP contribution in [0.1, 0.15) is 35.1 Å². The number of hydrogen-bond acceptors (Lipinski definition) is 5. The molecule has 0 fully saturated rings. The molecule has 0 aliphatic carbocycles. The zero-order valence-corrected chi connectivity index (χ0v) is 25.7. The van der Waals surface area contributed by atoms with Crippen LogP contribution in [-0.2, 0) is 22.4 Å². The number of amides is 1. The van der Waals surface area contributed by atoms with Gasteiger partial charge in [-0.25, -0.2) is 0 Å². The maximum Gasteiger partial charge on any atom is 0.307 e. The zero-order chi connectivity index (χ0) is 29.9. The van der Waals surface area contributed by atoms with Gasteiger partial charge in [-0.1, -0.05) is 77.4 Å². The molecule has 0 heterocycles. The Morgan fingerprint density at radius 3 is 1.64 bits per heavy atom. The average Bonchev–Trinajstić information content (AvgIpc) is 2.84. The van der Waals surface area contributed by atoms with Crippen molar-refractivity contribution in [2.45, 2.75) is 34.1 Å². The van der Waals surface area contributed by atoms with Gasteiger partial charge in [-0.15, -0.1) is 0 Å². The largest absolute Gasteiger partial charge is 0.481 e. The molecule has 4 N–H and O–H groups in total. The van der Waals surface area contributed by atoms with E-state index in [9.17, 15) is 9.59 Å². The van der Waals surface area contributed by atoms with Gasteiger partial charge in [0.25, 0.3) is 0 Å². The minimum absolute atomic E-state index is 0.0733. The highest BCUT2D eigenvalue weighted by Crippen LogP contribution is 2.11. The Labute approximate surface area is 238 Å². The standard InChI is InChI=1S/C12H17BrN2O.C8H7BrO2.C4H12N2.C2H6.CH4/c1-15(2)8-7-14-12(16)9-10-3-5-11(13)6-4-10;9-7-3-1-6(2-4-7)5-8(10)11;1-6(2)4-3-5;1-2;/h3-6H,7-9H2,1-2H3,(H,14,16);1-4H,5H2,(H,10,11);3-5H2,1-2H3;1-2H3;1H4/i;;;1D;1T. The molecule has 2 rings (SSSR count). The van der Waals surface area contributed by atoms with Crippen molar-refractivity contribution in [2.24, 2.45) is 5.73 Å². The highest BCUT2D eigenvalue weighted by Gasteiger charge is 2.02. The summed E-state index contributed by atoms with van der Waals surface area (Å²) in [6, 6.07) is 15.0. The highest BCUT2D eigenvalue weighted by molar-refractivity contribution is 9.10. The van der Waals surface area contributed by atoms with Crippen molar-refractivity contribution in [3.8, 4) is 0 Å². The summed E-state index contributed by atoms with van der Waals surface area (Å²) < 4.78 is 14.0. The minimum Gasteiger partial charge on any atom is -0.481 e. The SMILES string of the molecule is CN(C)CCN.CN(C)CCNC(=O)Cc1ccc(Br)cc1.O=C(O)Cc1ccc(Br)cc1.[2H]CC.[3H]C. The first-order chi connectivity index (χ1) is 17.9. The molecule has 7 nitrogen and oxygen atoms in total. The van der Waals surface area contributed by atoms with E-state index in [-0.39, 0.29) is 12.3 Å². The summed E-state index contributed by atoms with van der Waals surface area (Å²) in [7, 11) is 9.24. The highest BCUT2D eigenvalue weighted by atomic mass is 79.9. The third-order valence-electron chi connectivity index (χ3n) is 4.00. The van der Waals surface area contributed by atoms with Gasteiger partial charge in [0.2, 0.25) is 5.91 Å². The molecule has 206 valence electrons. The van der Waals surface area contributed by atoms with Crippen LogP contribution in [-0.4, -0.2) is 81.2 Å². The molecule has 0 bridgehead atoms. The van der Waals surface area contributed by atoms with Gasteiger partial charge in [-0.05, 0) is 63.6 Å². The van der Waals surface area contributed by atoms with Crippen molar-refractivity contribution < 1.29 is 17.4 Å². The Kier molecular flexibility index (Phi) is 23.7. The second-order valence-corrected chi connectivity index (χ2v) is 9.58. The summed E-state index contributed by atoms with van der Waals surface area (Å²) in [6.45, 7) is 5.60. The molecule has 9 heteroatoms. The Hall–Kier alpha value is -1.78. The second-order valence-electron chi connectivity index (χ2n) is 7.75. The number of carboxylic acids is 1. The normalized spacial score (nSPS) is 9.97. The second kappa shape index (κ2) is 24.9. The molecule has 1 amide bonds. The fourth-order valence-electron chi connectivity index (χ4n) is 2.30. The van der Waals surface area contributed by atoms with Crippen molar-refractivity contribution in [1.82, 2.24) is 15.1 Å². The van der Waals surface area contributed by atoms with Crippen LogP contribution in [0, 0.1) is 0 Å². The van der Waals surface area contributed by atoms with Crippen LogP contribution >= 0.6 is 31.9 Å². The molecule has 0 saturated heterocycles. The van der Waals surface area contributed by atoms with Gasteiger partial charge in [0.15, 0.2) is 0 Å². The Bertz CT molecular complexity index is 826. The maximum absolute atomic E-state index is 11.5. The van der Waals surface area contributed by atoms with E-state index in [0.717, 1.165) is 39.7 Å². The fourth-order valence-corrected chi connectivity index (χ4v) is 2.83. The van der Waals surface area contributed by atoms with E-state index in [1.54, 1.807) is 19.1 Å². The molecule has 0 aliphatic rings. The summed E-state index contributed by atoms with van der Waals surface area (Å²) in [5.74, 6) is -0.725. The molecule has 0 spiro atoms. The third-order valence-corrected chi connectivity index (χ3v) is 5.06. The molecule has 2 aromatic carbocycles. The number of nitrogens with one attached hydrogen (secondary N) is 1. The molecule has 36 heavy (non-hydrogen) atoms. The molecular formula is C27H46Br2N4O3. The molecule has 2 aromatic rings. The van der Waals surface area contributed by atoms with Gasteiger partial charge in [0.05, 0.1) is 12.8 Å². The lowest BCUT2D eigenvalue weighted by atomic mass is 10.1. The van der Waals surface area contributed by atoms with Crippen LogP contribution < -0.4 is 11.1 Å². The van der Waals surface area contributed by atoms with E-state index in [1.807, 2.05) is 69.5 Å². The van der Waals surface area contributed by atoms with E-state index in [4.69, 9.17) is 13.6 Å². The Morgan fingerprint density at radius 1 is 0.944 bits per heavy atom. The van der Waals surface area contributed by atoms with Gasteiger partial charge in [0.1, 0.15) is 0 Å². The van der Waals surface area contributed by atoms with Crippen LogP contribution in [0.2, 0.25) is 0 Å². The van der Waals surface area contributed by atoms with Crippen LogP contribution in [0.4, 0.5) is 0 Å². The lowest BCUT2D eigenvalue weighted by molar-refractivity contribution is -0.136. The van der Waals surface area contributed by atoms with Gasteiger partial charge in [-0.2, -0.15) is 0 Å². The number of nitrogens with two attached hydrogens (primary N) is 1. The summed E-state index contributed by atoms with van der Waals surface area (Å²) >= 11 is 6.63. The summed E-state index contributed by atoms with van der Waals surface area (Å²) in [6.07, 6.45) is 0.536. The van der Waals surface area contributed by atoms with Gasteiger partial charge >= 0.3 is 5.97 Å². The van der Waals surface area contributed by atoms with Crippen molar-refractivity contribution in [2.75, 3.05) is 54.4 Å². The fraction of sp³-hybridized carbons (Fsp3) is 0.481. The predicted octanol–water partition coefficient (Wildman–Crippen LogP) is 4.91. The molecule has 0 unspecified atom stereocenters. The lowest BCUT2D eigenvalue weighted by Gasteiger charge is -2.10. The van der Waals surface area contributed by atoms with Crippen LogP contribution in [0.15, 0.2) is 57.5 Å². The van der Waals surface area contributed by atoms with Crippen LogP contribution in [0.3, 0.4) is 0 Å². The number of carboxylic acid groups (broad SMARTS) is 1. The van der Waals surface area contributed by atoms with E-state index in [1.165, 1.54) is 7.40 Å². The number of carbonyl (C=O) groups is 2. The molecule has 0 aliphatic heterocycles. The molecule has 0 saturated carbocycles. The predicted molar refractivity (Wildman–Crippen MR) is 161 cm³/mol. The first-order valence-corrected chi connectivity index (χ1v) is 12.8. The van der Waals surface area contributed by atoms with Crippen molar-refractivity contribution in [3.63, 3.8) is 0 Å². The number of hydrogen-bond donors (Lipinski definition) is 3. The van der Waals surface area contributed by atoms with Crippen LogP contribution in [0.5, 0.6) is 0 Å². The molecule has 0 atom stereocenters. The molecule has 0 aromatic heterocycles. The van der Waals surface area contributed by atoms with E-state index in [2.05, 4.69) is 42.1 Å². The topological polar surface area (TPSA) is 98.9 Å². The van der Waals surface area contributed by atoms with Crippen molar-refractivity contribution in [1.29, 1.82) is 0 Å². The number of aliphatic carboxylic acids is 1. The van der Waals surface area contributed by atoms with Crippen molar-refractivity contribution >= 4 is 43.7 Å². The minimum atomic E-state index is -0.799. The Morgan fingerprint density at radius 2 is 1.33 bits per heavy atom. The smallest absolute Gasteiger partial charge is 0.307 e. The third kappa shape index (κ3) is 25.3. The van der Waals surface area contributed by atoms with E-state index < -0.39 is 5.97 Å². The van der Waals surface area contributed by atoms with Gasteiger partial charge in [-0.3, -0.25) is 9.59 Å². The number of halogens is 2. The number of rotatable bonds is 9. The molecular weight excluding hydrogens is 588 g/mol. The zero-order valence-electron chi connectivity index (χ0n) is 24.6. The maximum atomic E-state index is 11.5. The number of benzene rings is 2. The van der Waals surface area contributed by atoms with E-state index in [0.29, 0.717) is 19.9 Å². The molecule has 0 radical (unpaired) electrons. The van der Waals surface area contributed by atoms with Crippen LogP contribution in [0.25, 0.3) is 0 Å². The number of likely N-dealkylation sites (N-methyl/N-ethyl adjacent to an activating group) is 2. The average molecular weight is 638 g/mol. The lowest BCUT2D eigenvalue weighted by Crippen LogP contribution is -2.32. The van der Waals surface area contributed by atoms with Gasteiger partial charge < -0.3 is 26.0 Å². The van der Waals surface area contributed by atoms with Gasteiger partial charge in [0, 0.05) is 37.9 Å². The summed E-state index contributed by atoms with van der Waals surface area (Å²) in [5, 5.41) is 11.3.